The number of allylic oxidation sites excluding steroid dienone is 1. The van der Waals surface area contributed by atoms with Crippen LogP contribution in [-0.4, -0.2) is 36.6 Å². The first kappa shape index (κ1) is 15.8. The molecule has 0 aliphatic rings. The van der Waals surface area contributed by atoms with E-state index in [4.69, 9.17) is 5.11 Å². The summed E-state index contributed by atoms with van der Waals surface area (Å²) < 4.78 is 4.47. The average molecular weight is 261 g/mol. The van der Waals surface area contributed by atoms with E-state index < -0.39 is 18.1 Å². The number of carbonyl (C=O) groups excluding carboxylic acids is 1. The number of methoxy groups -OCH3 is 1. The smallest absolute Gasteiger partial charge is 0.407 e. The first-order valence-corrected chi connectivity index (χ1v) is 6.55. The van der Waals surface area contributed by atoms with E-state index in [1.165, 1.54) is 7.11 Å². The third-order valence-corrected chi connectivity index (χ3v) is 2.93. The summed E-state index contributed by atoms with van der Waals surface area (Å²) in [4.78, 5) is 22.8. The van der Waals surface area contributed by atoms with E-state index in [2.05, 4.69) is 10.1 Å². The van der Waals surface area contributed by atoms with E-state index in [1.54, 1.807) is 11.8 Å². The summed E-state index contributed by atoms with van der Waals surface area (Å²) in [6.45, 7) is 2.01. The molecular weight excluding hydrogens is 242 g/mol. The fraction of sp³-hybridized carbons (Fsp3) is 0.636. The maximum Gasteiger partial charge on any atom is 0.407 e. The molecule has 17 heavy (non-hydrogen) atoms. The van der Waals surface area contributed by atoms with Crippen molar-refractivity contribution in [3.05, 3.63) is 11.0 Å². The number of hydrogen-bond donors (Lipinski definition) is 2. The number of ether oxygens (including phenoxy) is 1. The van der Waals surface area contributed by atoms with Crippen molar-refractivity contribution in [2.24, 2.45) is 0 Å². The minimum atomic E-state index is -0.941. The Hall–Kier alpha value is -1.17. The van der Waals surface area contributed by atoms with Crippen molar-refractivity contribution in [2.45, 2.75) is 32.2 Å². The Morgan fingerprint density at radius 3 is 2.53 bits per heavy atom. The van der Waals surface area contributed by atoms with Gasteiger partial charge in [-0.15, -0.1) is 11.8 Å². The Morgan fingerprint density at radius 2 is 2.12 bits per heavy atom. The van der Waals surface area contributed by atoms with Crippen LogP contribution in [0, 0.1) is 0 Å². The second kappa shape index (κ2) is 8.92. The third kappa shape index (κ3) is 7.68. The zero-order valence-corrected chi connectivity index (χ0v) is 11.2. The van der Waals surface area contributed by atoms with Crippen LogP contribution in [-0.2, 0) is 9.53 Å². The summed E-state index contributed by atoms with van der Waals surface area (Å²) >= 11 is 1.56. The molecule has 0 aromatic carbocycles. The number of carboxylic acids is 1. The van der Waals surface area contributed by atoms with Crippen LogP contribution in [0.4, 0.5) is 4.79 Å². The standard InChI is InChI=1S/C11H19NO4S/c1-4-5-9(17-3)6-8(7-10(13)14)12-11(15)16-2/h5,8H,4,6-7H2,1-3H3,(H,12,15)(H,13,14)/b9-5-. The van der Waals surface area contributed by atoms with Crippen molar-refractivity contribution in [3.8, 4) is 0 Å². The van der Waals surface area contributed by atoms with Crippen molar-refractivity contribution < 1.29 is 19.4 Å². The molecule has 1 atom stereocenters. The Morgan fingerprint density at radius 1 is 1.47 bits per heavy atom. The van der Waals surface area contributed by atoms with Gasteiger partial charge < -0.3 is 15.2 Å². The lowest BCUT2D eigenvalue weighted by Crippen LogP contribution is -2.36. The van der Waals surface area contributed by atoms with Gasteiger partial charge in [-0.2, -0.15) is 0 Å². The zero-order valence-electron chi connectivity index (χ0n) is 10.4. The summed E-state index contributed by atoms with van der Waals surface area (Å²) in [5.74, 6) is -0.941. The topological polar surface area (TPSA) is 75.6 Å². The molecule has 0 aliphatic carbocycles. The van der Waals surface area contributed by atoms with Crippen LogP contribution < -0.4 is 5.32 Å². The zero-order chi connectivity index (χ0) is 13.3. The predicted molar refractivity (Wildman–Crippen MR) is 68.1 cm³/mol. The molecule has 1 unspecified atom stereocenters. The van der Waals surface area contributed by atoms with E-state index >= 15 is 0 Å². The molecule has 0 spiro atoms. The Balaban J connectivity index is 4.51. The molecule has 0 saturated heterocycles. The lowest BCUT2D eigenvalue weighted by atomic mass is 10.1. The predicted octanol–water partition coefficient (Wildman–Crippen LogP) is 2.23. The van der Waals surface area contributed by atoms with Crippen LogP contribution in [0.2, 0.25) is 0 Å². The van der Waals surface area contributed by atoms with Crippen LogP contribution in [0.25, 0.3) is 0 Å². The third-order valence-electron chi connectivity index (χ3n) is 2.07. The van der Waals surface area contributed by atoms with Gasteiger partial charge in [0, 0.05) is 6.04 Å². The minimum absolute atomic E-state index is 0.114. The summed E-state index contributed by atoms with van der Waals surface area (Å²) in [5, 5.41) is 11.3. The van der Waals surface area contributed by atoms with Crippen LogP contribution in [0.5, 0.6) is 0 Å². The number of amides is 1. The normalized spacial score (nSPS) is 13.0. The second-order valence-corrected chi connectivity index (χ2v) is 4.35. The van der Waals surface area contributed by atoms with Crippen LogP contribution in [0.1, 0.15) is 26.2 Å². The second-order valence-electron chi connectivity index (χ2n) is 3.42. The van der Waals surface area contributed by atoms with Gasteiger partial charge >= 0.3 is 12.1 Å². The molecular formula is C11H19NO4S. The quantitative estimate of drug-likeness (QED) is 0.735. The molecule has 0 rings (SSSR count). The highest BCUT2D eigenvalue weighted by molar-refractivity contribution is 8.02. The molecule has 0 radical (unpaired) electrons. The number of carbonyl (C=O) groups is 2. The van der Waals surface area contributed by atoms with Crippen molar-refractivity contribution >= 4 is 23.8 Å². The SMILES string of the molecule is CC/C=C(/CC(CC(=O)O)NC(=O)OC)SC. The molecule has 5 nitrogen and oxygen atoms in total. The van der Waals surface area contributed by atoms with Crippen molar-refractivity contribution in [2.75, 3.05) is 13.4 Å². The van der Waals surface area contributed by atoms with Gasteiger partial charge in [0.15, 0.2) is 0 Å². The molecule has 0 aliphatic heterocycles. The number of carboxylic acid groups (broad SMARTS) is 1. The molecule has 0 aromatic rings. The fourth-order valence-corrected chi connectivity index (χ4v) is 2.03. The van der Waals surface area contributed by atoms with Crippen molar-refractivity contribution in [1.82, 2.24) is 5.32 Å². The molecule has 98 valence electrons. The van der Waals surface area contributed by atoms with Crippen LogP contribution in [0.15, 0.2) is 11.0 Å². The van der Waals surface area contributed by atoms with Gasteiger partial charge in [-0.25, -0.2) is 4.79 Å². The number of aliphatic carboxylic acids is 1. The largest absolute Gasteiger partial charge is 0.481 e. The molecule has 1 amide bonds. The monoisotopic (exact) mass is 261 g/mol. The summed E-state index contributed by atoms with van der Waals surface area (Å²) in [6.07, 6.45) is 4.63. The minimum Gasteiger partial charge on any atom is -0.481 e. The van der Waals surface area contributed by atoms with E-state index in [-0.39, 0.29) is 6.42 Å². The molecule has 0 bridgehead atoms. The molecule has 0 saturated carbocycles. The lowest BCUT2D eigenvalue weighted by molar-refractivity contribution is -0.137. The Kier molecular flexibility index (Phi) is 8.31. The maximum atomic E-state index is 11.1. The van der Waals surface area contributed by atoms with Gasteiger partial charge in [-0.3, -0.25) is 4.79 Å². The van der Waals surface area contributed by atoms with Gasteiger partial charge in [0.25, 0.3) is 0 Å². The highest BCUT2D eigenvalue weighted by Crippen LogP contribution is 2.20. The first-order chi connectivity index (χ1) is 8.03. The van der Waals surface area contributed by atoms with Crippen molar-refractivity contribution in [3.63, 3.8) is 0 Å². The fourth-order valence-electron chi connectivity index (χ4n) is 1.33. The summed E-state index contributed by atoms with van der Waals surface area (Å²) in [5.41, 5.74) is 0. The van der Waals surface area contributed by atoms with E-state index in [0.717, 1.165) is 11.3 Å². The van der Waals surface area contributed by atoms with Crippen LogP contribution >= 0.6 is 11.8 Å². The molecule has 6 heteroatoms. The van der Waals surface area contributed by atoms with E-state index in [1.807, 2.05) is 19.3 Å². The first-order valence-electron chi connectivity index (χ1n) is 5.32. The van der Waals surface area contributed by atoms with E-state index in [0.29, 0.717) is 6.42 Å². The Bertz CT molecular complexity index is 291. The molecule has 2 N–H and O–H groups in total. The number of rotatable bonds is 7. The van der Waals surface area contributed by atoms with Gasteiger partial charge in [0.05, 0.1) is 13.5 Å². The van der Waals surface area contributed by atoms with Gasteiger partial charge in [-0.1, -0.05) is 13.0 Å². The number of nitrogens with one attached hydrogen (secondary N) is 1. The van der Waals surface area contributed by atoms with Gasteiger partial charge in [0.1, 0.15) is 0 Å². The number of thioether (sulfide) groups is 1. The average Bonchev–Trinajstić information content (AvgIpc) is 2.27. The maximum absolute atomic E-state index is 11.1. The molecule has 0 heterocycles. The lowest BCUT2D eigenvalue weighted by Gasteiger charge is -2.17. The number of alkyl carbamates (subject to hydrolysis) is 1. The molecule has 0 aromatic heterocycles. The van der Waals surface area contributed by atoms with Gasteiger partial charge in [-0.05, 0) is 24.0 Å². The van der Waals surface area contributed by atoms with Crippen LogP contribution in [0.3, 0.4) is 0 Å². The Labute approximate surface area is 106 Å². The number of hydrogen-bond acceptors (Lipinski definition) is 4. The highest BCUT2D eigenvalue weighted by Gasteiger charge is 2.17. The summed E-state index contributed by atoms with van der Waals surface area (Å²) in [7, 11) is 1.25. The van der Waals surface area contributed by atoms with E-state index in [9.17, 15) is 9.59 Å². The van der Waals surface area contributed by atoms with Gasteiger partial charge in [0.2, 0.25) is 0 Å². The summed E-state index contributed by atoms with van der Waals surface area (Å²) in [6, 6.07) is -0.440. The molecule has 0 fully saturated rings. The van der Waals surface area contributed by atoms with Crippen molar-refractivity contribution in [1.29, 1.82) is 0 Å². The highest BCUT2D eigenvalue weighted by atomic mass is 32.2.